The van der Waals surface area contributed by atoms with Crippen LogP contribution in [0.1, 0.15) is 58.6 Å². The van der Waals surface area contributed by atoms with E-state index in [1.54, 1.807) is 0 Å². The van der Waals surface area contributed by atoms with E-state index in [2.05, 4.69) is 58.1 Å². The van der Waals surface area contributed by atoms with E-state index in [0.29, 0.717) is 0 Å². The van der Waals surface area contributed by atoms with Gasteiger partial charge in [0.15, 0.2) is 0 Å². The highest BCUT2D eigenvalue weighted by Gasteiger charge is 2.11. The molecule has 2 nitrogen and oxygen atoms in total. The highest BCUT2D eigenvalue weighted by molar-refractivity contribution is 5.37. The van der Waals surface area contributed by atoms with Crippen molar-refractivity contribution in [2.45, 2.75) is 66.3 Å². The first kappa shape index (κ1) is 18.0. The summed E-state index contributed by atoms with van der Waals surface area (Å²) >= 11 is 0. The van der Waals surface area contributed by atoms with Gasteiger partial charge in [0, 0.05) is 5.54 Å². The average Bonchev–Trinajstić information content (AvgIpc) is 2.37. The molecule has 1 N–H and O–H groups in total. The Bertz CT molecular complexity index is 420. The Labute approximate surface area is 131 Å². The molecular formula is C19H33NO. The van der Waals surface area contributed by atoms with Crippen LogP contribution in [-0.2, 0) is 6.42 Å². The van der Waals surface area contributed by atoms with Crippen LogP contribution in [0.4, 0.5) is 0 Å². The van der Waals surface area contributed by atoms with Gasteiger partial charge < -0.3 is 10.1 Å². The summed E-state index contributed by atoms with van der Waals surface area (Å²) in [4.78, 5) is 0. The van der Waals surface area contributed by atoms with E-state index in [0.717, 1.165) is 31.2 Å². The molecule has 1 unspecified atom stereocenters. The lowest BCUT2D eigenvalue weighted by molar-refractivity contribution is 0.334. The zero-order chi connectivity index (χ0) is 15.9. The first-order valence-electron chi connectivity index (χ1n) is 8.29. The second-order valence-electron chi connectivity index (χ2n) is 7.15. The summed E-state index contributed by atoms with van der Waals surface area (Å²) in [5.41, 5.74) is 2.89. The molecule has 1 atom stereocenters. The van der Waals surface area contributed by atoms with Gasteiger partial charge >= 0.3 is 0 Å². The van der Waals surface area contributed by atoms with Crippen molar-refractivity contribution in [1.29, 1.82) is 0 Å². The summed E-state index contributed by atoms with van der Waals surface area (Å²) in [6.07, 6.45) is 3.55. The largest absolute Gasteiger partial charge is 0.494 e. The molecule has 2 heteroatoms. The topological polar surface area (TPSA) is 21.3 Å². The molecule has 0 aliphatic rings. The minimum absolute atomic E-state index is 0.221. The second kappa shape index (κ2) is 8.43. The van der Waals surface area contributed by atoms with Gasteiger partial charge in [-0.05, 0) is 78.0 Å². The highest BCUT2D eigenvalue weighted by Crippen LogP contribution is 2.23. The third-order valence-electron chi connectivity index (χ3n) is 3.71. The normalized spacial score (nSPS) is 13.2. The monoisotopic (exact) mass is 291 g/mol. The molecule has 0 heterocycles. The number of rotatable bonds is 8. The van der Waals surface area contributed by atoms with Gasteiger partial charge in [0.05, 0.1) is 6.61 Å². The van der Waals surface area contributed by atoms with E-state index in [-0.39, 0.29) is 5.54 Å². The van der Waals surface area contributed by atoms with Crippen molar-refractivity contribution in [2.24, 2.45) is 5.92 Å². The van der Waals surface area contributed by atoms with Crippen molar-refractivity contribution >= 4 is 0 Å². The fraction of sp³-hybridized carbons (Fsp3) is 0.684. The summed E-state index contributed by atoms with van der Waals surface area (Å²) in [7, 11) is 0. The molecule has 0 radical (unpaired) electrons. The number of aryl methyl sites for hydroxylation is 2. The quantitative estimate of drug-likeness (QED) is 0.747. The highest BCUT2D eigenvalue weighted by atomic mass is 16.5. The zero-order valence-corrected chi connectivity index (χ0v) is 14.8. The standard InChI is InChI=1S/C19H33NO/c1-7-21-18-11-9-16(3)14-17(18)10-8-15(2)12-13-20-19(4,5)6/h9,11,14-15,20H,7-8,10,12-13H2,1-6H3. The third-order valence-corrected chi connectivity index (χ3v) is 3.71. The number of benzene rings is 1. The van der Waals surface area contributed by atoms with Crippen molar-refractivity contribution in [3.63, 3.8) is 0 Å². The van der Waals surface area contributed by atoms with E-state index < -0.39 is 0 Å². The van der Waals surface area contributed by atoms with Gasteiger partial charge in [0.1, 0.15) is 5.75 Å². The van der Waals surface area contributed by atoms with E-state index >= 15 is 0 Å². The summed E-state index contributed by atoms with van der Waals surface area (Å²) in [6, 6.07) is 6.51. The summed E-state index contributed by atoms with van der Waals surface area (Å²) in [6.45, 7) is 15.0. The molecule has 0 spiro atoms. The van der Waals surface area contributed by atoms with Gasteiger partial charge in [-0.15, -0.1) is 0 Å². The van der Waals surface area contributed by atoms with Gasteiger partial charge in [0.2, 0.25) is 0 Å². The van der Waals surface area contributed by atoms with Crippen LogP contribution in [-0.4, -0.2) is 18.7 Å². The summed E-state index contributed by atoms with van der Waals surface area (Å²) < 4.78 is 5.74. The Morgan fingerprint density at radius 1 is 1.19 bits per heavy atom. The van der Waals surface area contributed by atoms with E-state index in [1.807, 2.05) is 6.92 Å². The fourth-order valence-corrected chi connectivity index (χ4v) is 2.44. The Hall–Kier alpha value is -1.02. The van der Waals surface area contributed by atoms with Gasteiger partial charge in [-0.1, -0.05) is 24.6 Å². The van der Waals surface area contributed by atoms with E-state index in [9.17, 15) is 0 Å². The molecule has 0 saturated carbocycles. The zero-order valence-electron chi connectivity index (χ0n) is 14.8. The number of ether oxygens (including phenoxy) is 1. The van der Waals surface area contributed by atoms with Crippen LogP contribution in [0.5, 0.6) is 5.75 Å². The predicted octanol–water partition coefficient (Wildman–Crippen LogP) is 4.74. The number of nitrogens with one attached hydrogen (secondary N) is 1. The fourth-order valence-electron chi connectivity index (χ4n) is 2.44. The molecule has 1 rings (SSSR count). The molecule has 120 valence electrons. The first-order chi connectivity index (χ1) is 9.81. The lowest BCUT2D eigenvalue weighted by atomic mass is 9.96. The van der Waals surface area contributed by atoms with Gasteiger partial charge in [-0.3, -0.25) is 0 Å². The summed E-state index contributed by atoms with van der Waals surface area (Å²) in [5.74, 6) is 1.79. The molecule has 0 amide bonds. The van der Waals surface area contributed by atoms with Crippen LogP contribution in [0.15, 0.2) is 18.2 Å². The lowest BCUT2D eigenvalue weighted by Gasteiger charge is -2.22. The maximum absolute atomic E-state index is 5.74. The molecule has 0 aromatic heterocycles. The van der Waals surface area contributed by atoms with Crippen LogP contribution in [0.25, 0.3) is 0 Å². The maximum Gasteiger partial charge on any atom is 0.122 e. The predicted molar refractivity (Wildman–Crippen MR) is 92.2 cm³/mol. The minimum atomic E-state index is 0.221. The molecule has 0 aliphatic carbocycles. The number of hydrogen-bond donors (Lipinski definition) is 1. The van der Waals surface area contributed by atoms with Crippen molar-refractivity contribution in [3.05, 3.63) is 29.3 Å². The van der Waals surface area contributed by atoms with Crippen LogP contribution >= 0.6 is 0 Å². The molecule has 1 aromatic carbocycles. The van der Waals surface area contributed by atoms with Crippen LogP contribution in [0.3, 0.4) is 0 Å². The van der Waals surface area contributed by atoms with Crippen LogP contribution in [0.2, 0.25) is 0 Å². The summed E-state index contributed by atoms with van der Waals surface area (Å²) in [5, 5.41) is 3.57. The van der Waals surface area contributed by atoms with Gasteiger partial charge in [-0.2, -0.15) is 0 Å². The van der Waals surface area contributed by atoms with Crippen molar-refractivity contribution in [1.82, 2.24) is 5.32 Å². The molecule has 0 bridgehead atoms. The lowest BCUT2D eigenvalue weighted by Crippen LogP contribution is -2.36. The Balaban J connectivity index is 2.45. The average molecular weight is 291 g/mol. The molecular weight excluding hydrogens is 258 g/mol. The Morgan fingerprint density at radius 2 is 1.90 bits per heavy atom. The first-order valence-corrected chi connectivity index (χ1v) is 8.29. The third kappa shape index (κ3) is 7.52. The second-order valence-corrected chi connectivity index (χ2v) is 7.15. The SMILES string of the molecule is CCOc1ccc(C)cc1CCC(C)CCNC(C)(C)C. The minimum Gasteiger partial charge on any atom is -0.494 e. The Morgan fingerprint density at radius 3 is 2.52 bits per heavy atom. The van der Waals surface area contributed by atoms with Crippen molar-refractivity contribution in [2.75, 3.05) is 13.2 Å². The van der Waals surface area contributed by atoms with E-state index in [1.165, 1.54) is 24.0 Å². The molecule has 0 fully saturated rings. The Kier molecular flexibility index (Phi) is 7.24. The smallest absolute Gasteiger partial charge is 0.122 e. The molecule has 0 saturated heterocycles. The van der Waals surface area contributed by atoms with Crippen molar-refractivity contribution < 1.29 is 4.74 Å². The molecule has 0 aliphatic heterocycles. The van der Waals surface area contributed by atoms with Gasteiger partial charge in [-0.25, -0.2) is 0 Å². The number of hydrogen-bond acceptors (Lipinski definition) is 2. The van der Waals surface area contributed by atoms with Gasteiger partial charge in [0.25, 0.3) is 0 Å². The molecule has 1 aromatic rings. The van der Waals surface area contributed by atoms with Crippen molar-refractivity contribution in [3.8, 4) is 5.75 Å². The van der Waals surface area contributed by atoms with Crippen LogP contribution < -0.4 is 10.1 Å². The molecule has 21 heavy (non-hydrogen) atoms. The van der Waals surface area contributed by atoms with E-state index in [4.69, 9.17) is 4.74 Å². The van der Waals surface area contributed by atoms with Crippen LogP contribution in [0, 0.1) is 12.8 Å². The maximum atomic E-state index is 5.74.